The maximum Gasteiger partial charge on any atom is 0.454 e. The zero-order valence-electron chi connectivity index (χ0n) is 10.6. The van der Waals surface area contributed by atoms with E-state index in [4.69, 9.17) is 9.47 Å². The Kier molecular flexibility index (Phi) is 4.78. The highest BCUT2D eigenvalue weighted by molar-refractivity contribution is 5.99. The molecule has 0 fully saturated rings. The lowest BCUT2D eigenvalue weighted by molar-refractivity contribution is -0.170. The minimum atomic E-state index is -4.85. The van der Waals surface area contributed by atoms with E-state index >= 15 is 0 Å². The molecule has 0 aromatic heterocycles. The van der Waals surface area contributed by atoms with Gasteiger partial charge < -0.3 is 9.47 Å². The number of ketones is 1. The molecule has 0 bridgehead atoms. The molecule has 18 heavy (non-hydrogen) atoms. The first-order valence-electron chi connectivity index (χ1n) is 5.80. The van der Waals surface area contributed by atoms with Gasteiger partial charge in [-0.1, -0.05) is 20.8 Å². The van der Waals surface area contributed by atoms with Gasteiger partial charge in [-0.25, -0.2) is 0 Å². The molecule has 1 heterocycles. The third kappa shape index (κ3) is 4.01. The van der Waals surface area contributed by atoms with E-state index in [2.05, 4.69) is 0 Å². The first kappa shape index (κ1) is 15.0. The van der Waals surface area contributed by atoms with Crippen molar-refractivity contribution >= 4 is 5.78 Å². The summed E-state index contributed by atoms with van der Waals surface area (Å²) in [5.41, 5.74) is -0.341. The zero-order chi connectivity index (χ0) is 13.9. The summed E-state index contributed by atoms with van der Waals surface area (Å²) >= 11 is 0. The topological polar surface area (TPSA) is 35.5 Å². The molecule has 2 atom stereocenters. The fourth-order valence-corrected chi connectivity index (χ4v) is 1.58. The van der Waals surface area contributed by atoms with Crippen molar-refractivity contribution in [2.45, 2.75) is 39.7 Å². The lowest BCUT2D eigenvalue weighted by Gasteiger charge is -2.28. The smallest absolute Gasteiger partial charge is 0.454 e. The molecule has 1 rings (SSSR count). The molecule has 0 saturated heterocycles. The maximum atomic E-state index is 12.3. The van der Waals surface area contributed by atoms with Gasteiger partial charge in [0.15, 0.2) is 6.29 Å². The summed E-state index contributed by atoms with van der Waals surface area (Å²) in [6, 6.07) is 0. The molecule has 104 valence electrons. The summed E-state index contributed by atoms with van der Waals surface area (Å²) in [5, 5.41) is 0. The standard InChI is InChI=1S/C12H17F3O3/c1-7(2)5-17-10-4-8(3)9(6-18-10)11(16)12(13,14)15/h6-8,10H,4-5H2,1-3H3. The van der Waals surface area contributed by atoms with Crippen LogP contribution >= 0.6 is 0 Å². The molecule has 0 amide bonds. The van der Waals surface area contributed by atoms with Gasteiger partial charge in [-0.3, -0.25) is 4.79 Å². The van der Waals surface area contributed by atoms with Crippen LogP contribution in [0.5, 0.6) is 0 Å². The van der Waals surface area contributed by atoms with Gasteiger partial charge in [0, 0.05) is 12.0 Å². The van der Waals surface area contributed by atoms with E-state index in [1.54, 1.807) is 6.92 Å². The van der Waals surface area contributed by atoms with Crippen LogP contribution in [-0.4, -0.2) is 24.9 Å². The van der Waals surface area contributed by atoms with Gasteiger partial charge in [-0.15, -0.1) is 0 Å². The summed E-state index contributed by atoms with van der Waals surface area (Å²) in [6.07, 6.45) is -4.29. The van der Waals surface area contributed by atoms with Crippen molar-refractivity contribution in [2.75, 3.05) is 6.61 Å². The summed E-state index contributed by atoms with van der Waals surface area (Å²) < 4.78 is 47.2. The second-order valence-electron chi connectivity index (χ2n) is 4.83. The highest BCUT2D eigenvalue weighted by Gasteiger charge is 2.43. The van der Waals surface area contributed by atoms with E-state index in [0.29, 0.717) is 12.5 Å². The van der Waals surface area contributed by atoms with Crippen LogP contribution in [0.1, 0.15) is 27.2 Å². The molecule has 3 nitrogen and oxygen atoms in total. The van der Waals surface area contributed by atoms with Crippen LogP contribution in [0.15, 0.2) is 11.8 Å². The molecule has 0 aromatic carbocycles. The molecule has 0 spiro atoms. The van der Waals surface area contributed by atoms with Crippen LogP contribution in [0, 0.1) is 11.8 Å². The molecule has 0 saturated carbocycles. The van der Waals surface area contributed by atoms with Crippen molar-refractivity contribution in [3.8, 4) is 0 Å². The number of hydrogen-bond acceptors (Lipinski definition) is 3. The fraction of sp³-hybridized carbons (Fsp3) is 0.750. The van der Waals surface area contributed by atoms with Crippen molar-refractivity contribution in [2.24, 2.45) is 11.8 Å². The Hall–Kier alpha value is -1.04. The number of ether oxygens (including phenoxy) is 2. The Morgan fingerprint density at radius 2 is 2.17 bits per heavy atom. The fourth-order valence-electron chi connectivity index (χ4n) is 1.58. The molecule has 1 aliphatic rings. The lowest BCUT2D eigenvalue weighted by atomic mass is 9.93. The Balaban J connectivity index is 2.63. The van der Waals surface area contributed by atoms with E-state index in [1.165, 1.54) is 0 Å². The van der Waals surface area contributed by atoms with E-state index in [0.717, 1.165) is 6.26 Å². The number of Topliss-reactive ketones (excluding diaryl/α,β-unsaturated/α-hetero) is 1. The van der Waals surface area contributed by atoms with Crippen LogP contribution in [0.3, 0.4) is 0 Å². The largest absolute Gasteiger partial charge is 0.472 e. The van der Waals surface area contributed by atoms with E-state index in [-0.39, 0.29) is 12.0 Å². The minimum absolute atomic E-state index is 0.250. The third-order valence-electron chi connectivity index (χ3n) is 2.56. The first-order chi connectivity index (χ1) is 8.21. The van der Waals surface area contributed by atoms with Crippen LogP contribution in [-0.2, 0) is 14.3 Å². The van der Waals surface area contributed by atoms with E-state index < -0.39 is 24.2 Å². The SMILES string of the molecule is CC(C)COC1CC(C)C(C(=O)C(F)(F)F)=CO1. The van der Waals surface area contributed by atoms with Crippen molar-refractivity contribution in [3.05, 3.63) is 11.8 Å². The summed E-state index contributed by atoms with van der Waals surface area (Å²) in [7, 11) is 0. The molecule has 0 aliphatic carbocycles. The second-order valence-corrected chi connectivity index (χ2v) is 4.83. The molecule has 1 aliphatic heterocycles. The number of halogens is 3. The van der Waals surface area contributed by atoms with Crippen LogP contribution in [0.2, 0.25) is 0 Å². The summed E-state index contributed by atoms with van der Waals surface area (Å²) in [4.78, 5) is 11.1. The van der Waals surface area contributed by atoms with Gasteiger partial charge >= 0.3 is 6.18 Å². The molecule has 2 unspecified atom stereocenters. The average molecular weight is 266 g/mol. The van der Waals surface area contributed by atoms with E-state index in [9.17, 15) is 18.0 Å². The van der Waals surface area contributed by atoms with Crippen molar-refractivity contribution in [1.82, 2.24) is 0 Å². The van der Waals surface area contributed by atoms with Crippen LogP contribution < -0.4 is 0 Å². The van der Waals surface area contributed by atoms with Crippen LogP contribution in [0.4, 0.5) is 13.2 Å². The number of carbonyl (C=O) groups excluding carboxylic acids is 1. The monoisotopic (exact) mass is 266 g/mol. The number of allylic oxidation sites excluding steroid dienone is 1. The van der Waals surface area contributed by atoms with Gasteiger partial charge in [0.25, 0.3) is 5.78 Å². The highest BCUT2D eigenvalue weighted by Crippen LogP contribution is 2.31. The van der Waals surface area contributed by atoms with Gasteiger partial charge in [0.1, 0.15) is 0 Å². The van der Waals surface area contributed by atoms with E-state index in [1.807, 2.05) is 13.8 Å². The van der Waals surface area contributed by atoms with Gasteiger partial charge in [-0.05, 0) is 11.8 Å². The van der Waals surface area contributed by atoms with Crippen molar-refractivity contribution in [3.63, 3.8) is 0 Å². The van der Waals surface area contributed by atoms with Gasteiger partial charge in [0.2, 0.25) is 0 Å². The first-order valence-corrected chi connectivity index (χ1v) is 5.80. The minimum Gasteiger partial charge on any atom is -0.472 e. The van der Waals surface area contributed by atoms with Gasteiger partial charge in [-0.2, -0.15) is 13.2 Å². The number of hydrogen-bond donors (Lipinski definition) is 0. The number of alkyl halides is 3. The Bertz CT molecular complexity index is 334. The number of carbonyl (C=O) groups is 1. The van der Waals surface area contributed by atoms with Crippen molar-refractivity contribution < 1.29 is 27.4 Å². The molecule has 0 radical (unpaired) electrons. The van der Waals surface area contributed by atoms with Gasteiger partial charge in [0.05, 0.1) is 12.9 Å². The molecular formula is C12H17F3O3. The van der Waals surface area contributed by atoms with Crippen LogP contribution in [0.25, 0.3) is 0 Å². The molecular weight excluding hydrogens is 249 g/mol. The third-order valence-corrected chi connectivity index (χ3v) is 2.56. The van der Waals surface area contributed by atoms with Crippen molar-refractivity contribution in [1.29, 1.82) is 0 Å². The predicted octanol–water partition coefficient (Wildman–Crippen LogP) is 3.06. The zero-order valence-corrected chi connectivity index (χ0v) is 10.6. The Morgan fingerprint density at radius 3 is 2.61 bits per heavy atom. The lowest BCUT2D eigenvalue weighted by Crippen LogP contribution is -2.33. The normalized spacial score (nSPS) is 24.7. The maximum absolute atomic E-state index is 12.3. The quantitative estimate of drug-likeness (QED) is 0.784. The highest BCUT2D eigenvalue weighted by atomic mass is 19.4. The average Bonchev–Trinajstić information content (AvgIpc) is 2.24. The Morgan fingerprint density at radius 1 is 1.56 bits per heavy atom. The second kappa shape index (κ2) is 5.73. The molecule has 6 heteroatoms. The summed E-state index contributed by atoms with van der Waals surface area (Å²) in [6.45, 7) is 5.94. The molecule has 0 N–H and O–H groups in total. The Labute approximate surface area is 104 Å². The predicted molar refractivity (Wildman–Crippen MR) is 58.6 cm³/mol. The summed E-state index contributed by atoms with van der Waals surface area (Å²) in [5.74, 6) is -2.05. The molecule has 0 aromatic rings. The number of rotatable bonds is 4.